The number of likely N-dealkylation sites (tertiary alicyclic amines) is 1. The Labute approximate surface area is 234 Å². The molecule has 3 heterocycles. The van der Waals surface area contributed by atoms with Crippen molar-refractivity contribution in [1.29, 1.82) is 0 Å². The van der Waals surface area contributed by atoms with E-state index >= 15 is 0 Å². The second-order valence-corrected chi connectivity index (χ2v) is 12.3. The summed E-state index contributed by atoms with van der Waals surface area (Å²) in [5.41, 5.74) is 2.69. The zero-order chi connectivity index (χ0) is 27.3. The Hall–Kier alpha value is -2.90. The van der Waals surface area contributed by atoms with Crippen LogP contribution in [-0.2, 0) is 25.7 Å². The van der Waals surface area contributed by atoms with Crippen LogP contribution in [0.3, 0.4) is 0 Å². The summed E-state index contributed by atoms with van der Waals surface area (Å²) in [5.74, 6) is -1.91. The second kappa shape index (κ2) is 10.3. The number of carbonyl (C=O) groups is 3. The van der Waals surface area contributed by atoms with Crippen molar-refractivity contribution in [3.05, 3.63) is 64.2 Å². The Balaban J connectivity index is 1.32. The summed E-state index contributed by atoms with van der Waals surface area (Å²) in [4.78, 5) is 43.5. The molecule has 2 aromatic carbocycles. The first-order chi connectivity index (χ1) is 18.7. The summed E-state index contributed by atoms with van der Waals surface area (Å²) in [7, 11) is 0. The largest absolute Gasteiger partial charge is 0.367 e. The van der Waals surface area contributed by atoms with Crippen LogP contribution < -0.4 is 10.6 Å². The molecular weight excluding hydrogens is 514 g/mol. The predicted molar refractivity (Wildman–Crippen MR) is 149 cm³/mol. The first-order valence-corrected chi connectivity index (χ1v) is 14.6. The van der Waals surface area contributed by atoms with Gasteiger partial charge in [0.1, 0.15) is 11.6 Å². The van der Waals surface area contributed by atoms with Crippen LogP contribution in [0.25, 0.3) is 0 Å². The molecule has 2 bridgehead atoms. The second-order valence-electron chi connectivity index (χ2n) is 11.9. The van der Waals surface area contributed by atoms with Crippen molar-refractivity contribution in [2.75, 3.05) is 5.32 Å². The molecule has 5 atom stereocenters. The van der Waals surface area contributed by atoms with Crippen LogP contribution in [0.4, 0.5) is 5.69 Å². The maximum atomic E-state index is 14.2. The molecule has 3 aliphatic heterocycles. The Kier molecular flexibility index (Phi) is 6.92. The normalized spacial score (nSPS) is 29.9. The van der Waals surface area contributed by atoms with E-state index in [0.29, 0.717) is 23.6 Å². The van der Waals surface area contributed by atoms with Crippen molar-refractivity contribution in [2.24, 2.45) is 11.8 Å². The number of rotatable bonds is 6. The van der Waals surface area contributed by atoms with Gasteiger partial charge in [0.2, 0.25) is 17.7 Å². The summed E-state index contributed by atoms with van der Waals surface area (Å²) in [6.07, 6.45) is 6.12. The highest BCUT2D eigenvalue weighted by molar-refractivity contribution is 6.30. The lowest BCUT2D eigenvalue weighted by Gasteiger charge is -2.35. The minimum absolute atomic E-state index is 0.108. The number of nitrogens with one attached hydrogen (secondary N) is 2. The number of amides is 3. The van der Waals surface area contributed by atoms with Gasteiger partial charge in [-0.15, -0.1) is 0 Å². The predicted octanol–water partition coefficient (Wildman–Crippen LogP) is 4.92. The minimum atomic E-state index is -1.00. The molecule has 39 heavy (non-hydrogen) atoms. The third-order valence-electron chi connectivity index (χ3n) is 9.06. The molecule has 206 valence electrons. The quantitative estimate of drug-likeness (QED) is 0.535. The Morgan fingerprint density at radius 3 is 2.38 bits per heavy atom. The van der Waals surface area contributed by atoms with Crippen LogP contribution >= 0.6 is 11.6 Å². The number of carbonyl (C=O) groups excluding carboxylic acids is 3. The molecular formula is C31H36ClN3O4. The molecule has 4 fully saturated rings. The van der Waals surface area contributed by atoms with Crippen LogP contribution in [0.1, 0.15) is 61.6 Å². The first kappa shape index (κ1) is 26.3. The Morgan fingerprint density at radius 2 is 1.69 bits per heavy atom. The van der Waals surface area contributed by atoms with Crippen LogP contribution in [-0.4, -0.2) is 46.4 Å². The summed E-state index contributed by atoms with van der Waals surface area (Å²) < 4.78 is 6.58. The zero-order valence-corrected chi connectivity index (χ0v) is 23.3. The number of anilines is 1. The lowest BCUT2D eigenvalue weighted by molar-refractivity contribution is -0.142. The number of nitrogens with zero attached hydrogens (tertiary/aromatic N) is 1. The Bertz CT molecular complexity index is 1270. The van der Waals surface area contributed by atoms with E-state index in [1.54, 1.807) is 17.0 Å². The van der Waals surface area contributed by atoms with Crippen molar-refractivity contribution in [3.8, 4) is 0 Å². The third kappa shape index (κ3) is 4.74. The number of benzene rings is 2. The maximum absolute atomic E-state index is 14.2. The van der Waals surface area contributed by atoms with Gasteiger partial charge in [-0.3, -0.25) is 14.4 Å². The summed E-state index contributed by atoms with van der Waals surface area (Å²) in [6.45, 7) is 4.24. The SMILES string of the molecule is Cc1cc(C)cc(NC(=O)C2C3CCC4(O3)C2C(=O)N(Cc2ccc(Cl)cc2)C4C(=O)NC2CCCCC2)c1. The zero-order valence-electron chi connectivity index (χ0n) is 22.5. The van der Waals surface area contributed by atoms with Gasteiger partial charge in [-0.05, 0) is 80.5 Å². The monoisotopic (exact) mass is 549 g/mol. The molecule has 4 aliphatic rings. The number of halogens is 1. The molecule has 3 amide bonds. The van der Waals surface area contributed by atoms with Crippen LogP contribution in [0.5, 0.6) is 0 Å². The van der Waals surface area contributed by atoms with E-state index < -0.39 is 23.5 Å². The third-order valence-corrected chi connectivity index (χ3v) is 9.31. The molecule has 5 unspecified atom stereocenters. The highest BCUT2D eigenvalue weighted by Gasteiger charge is 2.74. The van der Waals surface area contributed by atoms with Gasteiger partial charge in [-0.1, -0.05) is 49.1 Å². The minimum Gasteiger partial charge on any atom is -0.367 e. The van der Waals surface area contributed by atoms with Gasteiger partial charge in [0.15, 0.2) is 0 Å². The average molecular weight is 550 g/mol. The molecule has 6 rings (SSSR count). The summed E-state index contributed by atoms with van der Waals surface area (Å²) in [6, 6.07) is 12.6. The van der Waals surface area contributed by atoms with Crippen LogP contribution in [0, 0.1) is 25.7 Å². The highest BCUT2D eigenvalue weighted by atomic mass is 35.5. The fraction of sp³-hybridized carbons (Fsp3) is 0.516. The van der Waals surface area contributed by atoms with Crippen LogP contribution in [0.15, 0.2) is 42.5 Å². The van der Waals surface area contributed by atoms with Gasteiger partial charge in [-0.2, -0.15) is 0 Å². The molecule has 7 nitrogen and oxygen atoms in total. The van der Waals surface area contributed by atoms with E-state index in [1.165, 1.54) is 6.42 Å². The van der Waals surface area contributed by atoms with Crippen molar-refractivity contribution in [3.63, 3.8) is 0 Å². The molecule has 0 radical (unpaired) electrons. The van der Waals surface area contributed by atoms with Gasteiger partial charge in [0.25, 0.3) is 0 Å². The molecule has 1 aliphatic carbocycles. The fourth-order valence-electron chi connectivity index (χ4n) is 7.51. The number of hydrogen-bond donors (Lipinski definition) is 2. The number of ether oxygens (including phenoxy) is 1. The van der Waals surface area contributed by atoms with Gasteiger partial charge in [0.05, 0.1) is 17.9 Å². The van der Waals surface area contributed by atoms with E-state index in [4.69, 9.17) is 16.3 Å². The smallest absolute Gasteiger partial charge is 0.246 e. The van der Waals surface area contributed by atoms with Crippen molar-refractivity contribution in [1.82, 2.24) is 10.2 Å². The Morgan fingerprint density at radius 1 is 1.00 bits per heavy atom. The lowest BCUT2D eigenvalue weighted by Crippen LogP contribution is -2.56. The molecule has 8 heteroatoms. The molecule has 2 aromatic rings. The van der Waals surface area contributed by atoms with Gasteiger partial charge in [-0.25, -0.2) is 0 Å². The van der Waals surface area contributed by atoms with Crippen LogP contribution in [0.2, 0.25) is 5.02 Å². The maximum Gasteiger partial charge on any atom is 0.246 e. The van der Waals surface area contributed by atoms with Crippen molar-refractivity contribution in [2.45, 2.75) is 89.1 Å². The topological polar surface area (TPSA) is 87.7 Å². The molecule has 1 spiro atoms. The van der Waals surface area contributed by atoms with E-state index in [0.717, 1.165) is 42.4 Å². The van der Waals surface area contributed by atoms with E-state index in [1.807, 2.05) is 38.1 Å². The van der Waals surface area contributed by atoms with Crippen molar-refractivity contribution < 1.29 is 19.1 Å². The average Bonchev–Trinajstić information content (AvgIpc) is 3.53. The molecule has 2 N–H and O–H groups in total. The fourth-order valence-corrected chi connectivity index (χ4v) is 7.64. The first-order valence-electron chi connectivity index (χ1n) is 14.2. The number of fused-ring (bicyclic) bond motifs is 1. The van der Waals surface area contributed by atoms with E-state index in [9.17, 15) is 14.4 Å². The number of hydrogen-bond acceptors (Lipinski definition) is 4. The summed E-state index contributed by atoms with van der Waals surface area (Å²) in [5, 5.41) is 6.92. The van der Waals surface area contributed by atoms with E-state index in [2.05, 4.69) is 16.7 Å². The van der Waals surface area contributed by atoms with E-state index in [-0.39, 0.29) is 36.4 Å². The van der Waals surface area contributed by atoms with Gasteiger partial charge >= 0.3 is 0 Å². The molecule has 3 saturated heterocycles. The van der Waals surface area contributed by atoms with Gasteiger partial charge < -0.3 is 20.3 Å². The molecule has 0 aromatic heterocycles. The lowest BCUT2D eigenvalue weighted by atomic mass is 9.70. The number of aryl methyl sites for hydroxylation is 2. The van der Waals surface area contributed by atoms with Gasteiger partial charge in [0, 0.05) is 23.3 Å². The highest BCUT2D eigenvalue weighted by Crippen LogP contribution is 2.58. The summed E-state index contributed by atoms with van der Waals surface area (Å²) >= 11 is 6.10. The van der Waals surface area contributed by atoms with Crippen molar-refractivity contribution >= 4 is 35.0 Å². The standard InChI is InChI=1S/C31H36ClN3O4/c1-18-14-19(2)16-23(15-18)34-28(36)25-24-12-13-31(39-24)26(25)30(38)35(17-20-8-10-21(32)11-9-20)27(31)29(37)33-22-6-4-3-5-7-22/h8-11,14-16,22,24-27H,3-7,12-13,17H2,1-2H3,(H,33,37)(H,34,36). The molecule has 1 saturated carbocycles.